The van der Waals surface area contributed by atoms with Crippen LogP contribution in [0.2, 0.25) is 0 Å². The zero-order valence-corrected chi connectivity index (χ0v) is 13.5. The Bertz CT molecular complexity index is 377. The summed E-state index contributed by atoms with van der Waals surface area (Å²) in [6.45, 7) is 2.56. The van der Waals surface area contributed by atoms with Gasteiger partial charge >= 0.3 is 0 Å². The summed E-state index contributed by atoms with van der Waals surface area (Å²) in [6.07, 6.45) is 6.52. The smallest absolute Gasteiger partial charge is 0.119 e. The number of aliphatic hydroxyl groups excluding tert-OH is 1. The first-order chi connectivity index (χ1) is 9.79. The molecular formula is C16H24BrNO2. The molecule has 1 aromatic carbocycles. The van der Waals surface area contributed by atoms with Gasteiger partial charge in [0.15, 0.2) is 0 Å². The Labute approximate surface area is 130 Å². The van der Waals surface area contributed by atoms with E-state index >= 15 is 0 Å². The summed E-state index contributed by atoms with van der Waals surface area (Å²) in [5.74, 6) is 0.904. The van der Waals surface area contributed by atoms with E-state index < -0.39 is 0 Å². The lowest BCUT2D eigenvalue weighted by atomic mass is 9.94. The standard InChI is InChI=1S/C16H24BrNO2/c17-14-6-8-16(9-7-14)20-13-11-18(10-12-19)15-4-2-1-3-5-15/h6-9,15,19H,1-5,10-13H2. The van der Waals surface area contributed by atoms with Gasteiger partial charge in [-0.3, -0.25) is 4.90 Å². The molecule has 0 saturated heterocycles. The maximum atomic E-state index is 9.23. The molecule has 3 nitrogen and oxygen atoms in total. The predicted octanol–water partition coefficient (Wildman–Crippen LogP) is 3.45. The third-order valence-electron chi connectivity index (χ3n) is 3.94. The normalized spacial score (nSPS) is 16.6. The summed E-state index contributed by atoms with van der Waals surface area (Å²) < 4.78 is 6.85. The second-order valence-electron chi connectivity index (χ2n) is 5.35. The number of hydrogen-bond acceptors (Lipinski definition) is 3. The summed E-state index contributed by atoms with van der Waals surface area (Å²) in [7, 11) is 0. The van der Waals surface area contributed by atoms with Crippen LogP contribution in [0.15, 0.2) is 28.7 Å². The molecule has 1 aromatic rings. The van der Waals surface area contributed by atoms with E-state index in [2.05, 4.69) is 20.8 Å². The van der Waals surface area contributed by atoms with Crippen molar-refractivity contribution in [1.82, 2.24) is 4.90 Å². The second kappa shape index (κ2) is 8.65. The van der Waals surface area contributed by atoms with Crippen molar-refractivity contribution in [3.05, 3.63) is 28.7 Å². The topological polar surface area (TPSA) is 32.7 Å². The Morgan fingerprint density at radius 2 is 1.80 bits per heavy atom. The zero-order valence-electron chi connectivity index (χ0n) is 11.9. The number of nitrogens with zero attached hydrogens (tertiary/aromatic N) is 1. The minimum absolute atomic E-state index is 0.231. The number of ether oxygens (including phenoxy) is 1. The average Bonchev–Trinajstić information content (AvgIpc) is 2.49. The van der Waals surface area contributed by atoms with Crippen LogP contribution in [-0.2, 0) is 0 Å². The van der Waals surface area contributed by atoms with Crippen molar-refractivity contribution >= 4 is 15.9 Å². The third kappa shape index (κ3) is 5.08. The number of hydrogen-bond donors (Lipinski definition) is 1. The van der Waals surface area contributed by atoms with Crippen LogP contribution in [0.25, 0.3) is 0 Å². The minimum atomic E-state index is 0.231. The van der Waals surface area contributed by atoms with E-state index in [1.165, 1.54) is 32.1 Å². The molecule has 0 radical (unpaired) electrons. The second-order valence-corrected chi connectivity index (χ2v) is 6.27. The summed E-state index contributed by atoms with van der Waals surface area (Å²) >= 11 is 3.42. The first kappa shape index (κ1) is 15.8. The van der Waals surface area contributed by atoms with Crippen LogP contribution in [-0.4, -0.2) is 42.4 Å². The van der Waals surface area contributed by atoms with Crippen LogP contribution in [0, 0.1) is 0 Å². The van der Waals surface area contributed by atoms with Crippen molar-refractivity contribution in [2.75, 3.05) is 26.3 Å². The molecular weight excluding hydrogens is 318 g/mol. The van der Waals surface area contributed by atoms with Crippen molar-refractivity contribution in [3.8, 4) is 5.75 Å². The van der Waals surface area contributed by atoms with E-state index in [0.29, 0.717) is 12.6 Å². The molecule has 1 N–H and O–H groups in total. The van der Waals surface area contributed by atoms with Gasteiger partial charge in [0.1, 0.15) is 12.4 Å². The summed E-state index contributed by atoms with van der Waals surface area (Å²) in [4.78, 5) is 2.39. The van der Waals surface area contributed by atoms with Gasteiger partial charge in [-0.05, 0) is 37.1 Å². The molecule has 20 heavy (non-hydrogen) atoms. The maximum absolute atomic E-state index is 9.23. The molecule has 0 amide bonds. The molecule has 1 saturated carbocycles. The lowest BCUT2D eigenvalue weighted by molar-refractivity contribution is 0.106. The molecule has 0 aromatic heterocycles. The number of rotatable bonds is 7. The van der Waals surface area contributed by atoms with Crippen molar-refractivity contribution in [3.63, 3.8) is 0 Å². The Morgan fingerprint density at radius 1 is 1.10 bits per heavy atom. The minimum Gasteiger partial charge on any atom is -0.492 e. The maximum Gasteiger partial charge on any atom is 0.119 e. The fourth-order valence-electron chi connectivity index (χ4n) is 2.86. The molecule has 1 fully saturated rings. The monoisotopic (exact) mass is 341 g/mol. The Kier molecular flexibility index (Phi) is 6.83. The third-order valence-corrected chi connectivity index (χ3v) is 4.47. The van der Waals surface area contributed by atoms with Gasteiger partial charge in [-0.15, -0.1) is 0 Å². The van der Waals surface area contributed by atoms with Gasteiger partial charge in [0, 0.05) is 23.6 Å². The number of aliphatic hydroxyl groups is 1. The molecule has 1 aliphatic carbocycles. The van der Waals surface area contributed by atoms with E-state index in [1.807, 2.05) is 24.3 Å². The molecule has 0 heterocycles. The average molecular weight is 342 g/mol. The highest BCUT2D eigenvalue weighted by atomic mass is 79.9. The number of benzene rings is 1. The lowest BCUT2D eigenvalue weighted by Crippen LogP contribution is -2.41. The van der Waals surface area contributed by atoms with Crippen LogP contribution >= 0.6 is 15.9 Å². The molecule has 112 valence electrons. The Morgan fingerprint density at radius 3 is 2.45 bits per heavy atom. The van der Waals surface area contributed by atoms with Crippen LogP contribution in [0.5, 0.6) is 5.75 Å². The zero-order chi connectivity index (χ0) is 14.2. The van der Waals surface area contributed by atoms with E-state index in [4.69, 9.17) is 4.74 Å². The molecule has 1 aliphatic rings. The molecule has 0 bridgehead atoms. The van der Waals surface area contributed by atoms with Gasteiger partial charge in [-0.2, -0.15) is 0 Å². The first-order valence-electron chi connectivity index (χ1n) is 7.53. The molecule has 0 atom stereocenters. The van der Waals surface area contributed by atoms with E-state index in [-0.39, 0.29) is 6.61 Å². The fraction of sp³-hybridized carbons (Fsp3) is 0.625. The van der Waals surface area contributed by atoms with Gasteiger partial charge in [0.25, 0.3) is 0 Å². The van der Waals surface area contributed by atoms with Gasteiger partial charge < -0.3 is 9.84 Å². The van der Waals surface area contributed by atoms with E-state index in [0.717, 1.165) is 23.3 Å². The van der Waals surface area contributed by atoms with E-state index in [9.17, 15) is 5.11 Å². The van der Waals surface area contributed by atoms with Crippen molar-refractivity contribution in [2.24, 2.45) is 0 Å². The van der Waals surface area contributed by atoms with E-state index in [1.54, 1.807) is 0 Å². The summed E-state index contributed by atoms with van der Waals surface area (Å²) in [5, 5.41) is 9.23. The summed E-state index contributed by atoms with van der Waals surface area (Å²) in [5.41, 5.74) is 0. The van der Waals surface area contributed by atoms with Crippen molar-refractivity contribution < 1.29 is 9.84 Å². The lowest BCUT2D eigenvalue weighted by Gasteiger charge is -2.33. The Balaban J connectivity index is 1.77. The number of halogens is 1. The van der Waals surface area contributed by atoms with Crippen LogP contribution in [0.1, 0.15) is 32.1 Å². The first-order valence-corrected chi connectivity index (χ1v) is 8.32. The molecule has 0 spiro atoms. The molecule has 4 heteroatoms. The van der Waals surface area contributed by atoms with Gasteiger partial charge in [-0.25, -0.2) is 0 Å². The van der Waals surface area contributed by atoms with Gasteiger partial charge in [-0.1, -0.05) is 35.2 Å². The van der Waals surface area contributed by atoms with Crippen LogP contribution < -0.4 is 4.74 Å². The van der Waals surface area contributed by atoms with Gasteiger partial charge in [0.2, 0.25) is 0 Å². The highest BCUT2D eigenvalue weighted by Crippen LogP contribution is 2.22. The summed E-state index contributed by atoms with van der Waals surface area (Å²) in [6, 6.07) is 8.55. The van der Waals surface area contributed by atoms with Gasteiger partial charge in [0.05, 0.1) is 6.61 Å². The van der Waals surface area contributed by atoms with Crippen LogP contribution in [0.4, 0.5) is 0 Å². The molecule has 0 unspecified atom stereocenters. The Hall–Kier alpha value is -0.580. The highest BCUT2D eigenvalue weighted by molar-refractivity contribution is 9.10. The fourth-order valence-corrected chi connectivity index (χ4v) is 3.13. The molecule has 0 aliphatic heterocycles. The van der Waals surface area contributed by atoms with Crippen LogP contribution in [0.3, 0.4) is 0 Å². The largest absolute Gasteiger partial charge is 0.492 e. The van der Waals surface area contributed by atoms with Crippen molar-refractivity contribution in [2.45, 2.75) is 38.1 Å². The SMILES string of the molecule is OCCN(CCOc1ccc(Br)cc1)C1CCCCC1. The predicted molar refractivity (Wildman–Crippen MR) is 85.2 cm³/mol. The highest BCUT2D eigenvalue weighted by Gasteiger charge is 2.20. The molecule has 2 rings (SSSR count). The quantitative estimate of drug-likeness (QED) is 0.824. The van der Waals surface area contributed by atoms with Crippen molar-refractivity contribution in [1.29, 1.82) is 0 Å².